The van der Waals surface area contributed by atoms with E-state index in [0.29, 0.717) is 12.8 Å². The lowest BCUT2D eigenvalue weighted by molar-refractivity contribution is -0.211. The van der Waals surface area contributed by atoms with Crippen molar-refractivity contribution in [3.63, 3.8) is 0 Å². The monoisotopic (exact) mass is 248 g/mol. The highest BCUT2D eigenvalue weighted by atomic mass is 19.3. The normalized spacial score (nSPS) is 21.8. The van der Waals surface area contributed by atoms with E-state index in [1.54, 1.807) is 0 Å². The topological polar surface area (TPSA) is 0 Å². The van der Waals surface area contributed by atoms with Crippen LogP contribution in [0.15, 0.2) is 0 Å². The molecule has 0 nitrogen and oxygen atoms in total. The average molecular weight is 248 g/mol. The molecule has 0 N–H and O–H groups in total. The Kier molecular flexibility index (Phi) is 3.50. The molecule has 0 radical (unpaired) electrons. The number of alkyl halides is 6. The second kappa shape index (κ2) is 4.11. The Balaban J connectivity index is 2.78. The minimum Gasteiger partial charge on any atom is -0.206 e. The van der Waals surface area contributed by atoms with Crippen LogP contribution in [0.2, 0.25) is 0 Å². The van der Waals surface area contributed by atoms with Gasteiger partial charge in [0.2, 0.25) is 0 Å². The summed E-state index contributed by atoms with van der Waals surface area (Å²) >= 11 is 0. The second-order valence-electron chi connectivity index (χ2n) is 4.71. The summed E-state index contributed by atoms with van der Waals surface area (Å²) in [5.74, 6) is -8.36. The number of hydrogen-bond donors (Lipinski definition) is 0. The zero-order chi connectivity index (χ0) is 12.6. The highest BCUT2D eigenvalue weighted by molar-refractivity contribution is 4.95. The van der Waals surface area contributed by atoms with E-state index < -0.39 is 30.1 Å². The fraction of sp³-hybridized carbons (Fsp3) is 1.00. The van der Waals surface area contributed by atoms with Gasteiger partial charge in [0.1, 0.15) is 0 Å². The second-order valence-corrected chi connectivity index (χ2v) is 4.71. The van der Waals surface area contributed by atoms with Gasteiger partial charge in [0, 0.05) is 5.41 Å². The fourth-order valence-corrected chi connectivity index (χ4v) is 2.11. The van der Waals surface area contributed by atoms with Crippen molar-refractivity contribution < 1.29 is 26.3 Å². The summed E-state index contributed by atoms with van der Waals surface area (Å²) in [7, 11) is 0. The van der Waals surface area contributed by atoms with E-state index in [4.69, 9.17) is 0 Å². The van der Waals surface area contributed by atoms with Crippen molar-refractivity contribution in [3.05, 3.63) is 0 Å². The van der Waals surface area contributed by atoms with Gasteiger partial charge in [-0.3, -0.25) is 0 Å². The molecule has 1 aliphatic carbocycles. The standard InChI is InChI=1S/C10H14F6/c1-8(4-2-3-5-8)10(15,16)6-9(13,14)7(11)12/h7H,2-6H2,1H3. The van der Waals surface area contributed by atoms with E-state index in [9.17, 15) is 26.3 Å². The zero-order valence-electron chi connectivity index (χ0n) is 8.88. The summed E-state index contributed by atoms with van der Waals surface area (Å²) in [6.45, 7) is 1.20. The molecule has 0 aromatic carbocycles. The van der Waals surface area contributed by atoms with Crippen LogP contribution >= 0.6 is 0 Å². The molecule has 0 spiro atoms. The molecule has 1 rings (SSSR count). The molecule has 0 amide bonds. The smallest absolute Gasteiger partial charge is 0.206 e. The van der Waals surface area contributed by atoms with E-state index >= 15 is 0 Å². The third-order valence-electron chi connectivity index (χ3n) is 3.37. The number of halogens is 6. The lowest BCUT2D eigenvalue weighted by Crippen LogP contribution is -2.44. The molecular formula is C10H14F6. The van der Waals surface area contributed by atoms with Crippen LogP contribution < -0.4 is 0 Å². The summed E-state index contributed by atoms with van der Waals surface area (Å²) in [4.78, 5) is 0. The molecule has 0 atom stereocenters. The van der Waals surface area contributed by atoms with Gasteiger partial charge in [0.05, 0.1) is 6.42 Å². The Hall–Kier alpha value is -0.420. The first kappa shape index (κ1) is 13.6. The van der Waals surface area contributed by atoms with Gasteiger partial charge in [0.25, 0.3) is 5.92 Å². The average Bonchev–Trinajstić information content (AvgIpc) is 2.51. The third kappa shape index (κ3) is 2.46. The van der Waals surface area contributed by atoms with Crippen molar-refractivity contribution in [3.8, 4) is 0 Å². The quantitative estimate of drug-likeness (QED) is 0.643. The predicted molar refractivity (Wildman–Crippen MR) is 47.1 cm³/mol. The summed E-state index contributed by atoms with van der Waals surface area (Å²) in [5.41, 5.74) is -1.56. The third-order valence-corrected chi connectivity index (χ3v) is 3.37. The Morgan fingerprint density at radius 1 is 1.06 bits per heavy atom. The van der Waals surface area contributed by atoms with Gasteiger partial charge in [-0.15, -0.1) is 0 Å². The van der Waals surface area contributed by atoms with Crippen LogP contribution in [0.3, 0.4) is 0 Å². The molecule has 0 heterocycles. The molecule has 0 aliphatic heterocycles. The Bertz CT molecular complexity index is 242. The van der Waals surface area contributed by atoms with Crippen molar-refractivity contribution in [2.24, 2.45) is 5.41 Å². The first-order valence-corrected chi connectivity index (χ1v) is 5.15. The lowest BCUT2D eigenvalue weighted by Gasteiger charge is -2.35. The lowest BCUT2D eigenvalue weighted by atomic mass is 9.79. The summed E-state index contributed by atoms with van der Waals surface area (Å²) in [5, 5.41) is 0. The van der Waals surface area contributed by atoms with Gasteiger partial charge in [0.15, 0.2) is 0 Å². The molecule has 0 aromatic heterocycles. The van der Waals surface area contributed by atoms with Crippen LogP contribution in [-0.2, 0) is 0 Å². The van der Waals surface area contributed by atoms with Crippen molar-refractivity contribution in [2.75, 3.05) is 0 Å². The van der Waals surface area contributed by atoms with Crippen LogP contribution in [0, 0.1) is 5.41 Å². The highest BCUT2D eigenvalue weighted by Crippen LogP contribution is 2.53. The van der Waals surface area contributed by atoms with Crippen LogP contribution in [0.4, 0.5) is 26.3 Å². The van der Waals surface area contributed by atoms with Crippen LogP contribution in [0.5, 0.6) is 0 Å². The van der Waals surface area contributed by atoms with E-state index in [0.717, 1.165) is 0 Å². The summed E-state index contributed by atoms with van der Waals surface area (Å²) in [6, 6.07) is 0. The van der Waals surface area contributed by atoms with Crippen LogP contribution in [-0.4, -0.2) is 18.3 Å². The maximum Gasteiger partial charge on any atom is 0.313 e. The molecule has 1 fully saturated rings. The molecule has 1 saturated carbocycles. The van der Waals surface area contributed by atoms with E-state index in [1.165, 1.54) is 6.92 Å². The maximum atomic E-state index is 13.6. The molecular weight excluding hydrogens is 234 g/mol. The molecule has 0 saturated heterocycles. The Labute approximate surface area is 90.0 Å². The van der Waals surface area contributed by atoms with Gasteiger partial charge in [-0.1, -0.05) is 19.8 Å². The Morgan fingerprint density at radius 2 is 1.50 bits per heavy atom. The van der Waals surface area contributed by atoms with Gasteiger partial charge >= 0.3 is 12.3 Å². The largest absolute Gasteiger partial charge is 0.313 e. The molecule has 1 aliphatic rings. The summed E-state index contributed by atoms with van der Waals surface area (Å²) in [6.07, 6.45) is -4.81. The Morgan fingerprint density at radius 3 is 1.88 bits per heavy atom. The van der Waals surface area contributed by atoms with Crippen molar-refractivity contribution in [1.29, 1.82) is 0 Å². The SMILES string of the molecule is CC1(C(F)(F)CC(F)(F)C(F)F)CCCC1. The van der Waals surface area contributed by atoms with Gasteiger partial charge < -0.3 is 0 Å². The molecule has 96 valence electrons. The minimum absolute atomic E-state index is 0.110. The van der Waals surface area contributed by atoms with Crippen molar-refractivity contribution >= 4 is 0 Å². The molecule has 0 aromatic rings. The molecule has 0 unspecified atom stereocenters. The van der Waals surface area contributed by atoms with Gasteiger partial charge in [-0.25, -0.2) is 26.3 Å². The highest BCUT2D eigenvalue weighted by Gasteiger charge is 2.58. The number of hydrogen-bond acceptors (Lipinski definition) is 0. The molecule has 6 heteroatoms. The number of rotatable bonds is 4. The van der Waals surface area contributed by atoms with Crippen LogP contribution in [0.25, 0.3) is 0 Å². The maximum absolute atomic E-state index is 13.6. The van der Waals surface area contributed by atoms with E-state index in [2.05, 4.69) is 0 Å². The zero-order valence-corrected chi connectivity index (χ0v) is 8.88. The van der Waals surface area contributed by atoms with E-state index in [-0.39, 0.29) is 12.8 Å². The van der Waals surface area contributed by atoms with Gasteiger partial charge in [-0.05, 0) is 12.8 Å². The molecule has 0 bridgehead atoms. The van der Waals surface area contributed by atoms with Crippen molar-refractivity contribution in [2.45, 2.75) is 57.3 Å². The summed E-state index contributed by atoms with van der Waals surface area (Å²) < 4.78 is 76.1. The first-order chi connectivity index (χ1) is 7.11. The van der Waals surface area contributed by atoms with Gasteiger partial charge in [-0.2, -0.15) is 0 Å². The first-order valence-electron chi connectivity index (χ1n) is 5.15. The van der Waals surface area contributed by atoms with E-state index in [1.807, 2.05) is 0 Å². The minimum atomic E-state index is -4.62. The molecule has 16 heavy (non-hydrogen) atoms. The predicted octanol–water partition coefficient (Wildman–Crippen LogP) is 4.49. The van der Waals surface area contributed by atoms with Crippen LogP contribution in [0.1, 0.15) is 39.0 Å². The van der Waals surface area contributed by atoms with Crippen molar-refractivity contribution in [1.82, 2.24) is 0 Å². The fourth-order valence-electron chi connectivity index (χ4n) is 2.11.